The van der Waals surface area contributed by atoms with Crippen LogP contribution in [-0.2, 0) is 13.1 Å². The van der Waals surface area contributed by atoms with Crippen LogP contribution in [0.25, 0.3) is 0 Å². The van der Waals surface area contributed by atoms with Gasteiger partial charge in [-0.25, -0.2) is 4.99 Å². The van der Waals surface area contributed by atoms with Gasteiger partial charge in [0.2, 0.25) is 0 Å². The fourth-order valence-electron chi connectivity index (χ4n) is 2.79. The largest absolute Gasteiger partial charge is 0.459 e. The van der Waals surface area contributed by atoms with Crippen molar-refractivity contribution < 1.29 is 9.21 Å². The standard InChI is InChI=1S/C21H26N6O2.HI/c1-2-22-21(24-12-11-23-20(28)19-9-5-14-29-19)25-15-17-7-3-4-8-18(17)16-27-13-6-10-26-27;/h3-10,13-14H,2,11-12,15-16H2,1H3,(H,23,28)(H2,22,24,25);1H. The highest BCUT2D eigenvalue weighted by Gasteiger charge is 2.07. The van der Waals surface area contributed by atoms with Gasteiger partial charge in [0.1, 0.15) is 0 Å². The van der Waals surface area contributed by atoms with Crippen LogP contribution >= 0.6 is 24.0 Å². The van der Waals surface area contributed by atoms with Gasteiger partial charge in [-0.05, 0) is 36.2 Å². The molecule has 1 aromatic carbocycles. The number of benzene rings is 1. The fraction of sp³-hybridized carbons (Fsp3) is 0.286. The first-order valence-electron chi connectivity index (χ1n) is 9.64. The lowest BCUT2D eigenvalue weighted by molar-refractivity contribution is 0.0926. The maximum Gasteiger partial charge on any atom is 0.287 e. The van der Waals surface area contributed by atoms with Crippen molar-refractivity contribution in [3.05, 3.63) is 78.0 Å². The summed E-state index contributed by atoms with van der Waals surface area (Å²) in [6, 6.07) is 13.5. The number of amides is 1. The molecule has 0 atom stereocenters. The Morgan fingerprint density at radius 2 is 1.87 bits per heavy atom. The molecule has 160 valence electrons. The molecular formula is C21H27IN6O2. The first-order chi connectivity index (χ1) is 14.3. The molecule has 0 saturated carbocycles. The van der Waals surface area contributed by atoms with Crippen LogP contribution in [0.3, 0.4) is 0 Å². The third-order valence-corrected chi connectivity index (χ3v) is 4.21. The Labute approximate surface area is 193 Å². The van der Waals surface area contributed by atoms with E-state index in [2.05, 4.69) is 38.2 Å². The van der Waals surface area contributed by atoms with Gasteiger partial charge in [-0.2, -0.15) is 5.10 Å². The van der Waals surface area contributed by atoms with Crippen molar-refractivity contribution in [3.8, 4) is 0 Å². The summed E-state index contributed by atoms with van der Waals surface area (Å²) < 4.78 is 6.97. The number of furan rings is 1. The third-order valence-electron chi connectivity index (χ3n) is 4.21. The molecule has 0 spiro atoms. The molecule has 3 N–H and O–H groups in total. The van der Waals surface area contributed by atoms with Crippen molar-refractivity contribution in [2.75, 3.05) is 19.6 Å². The fourth-order valence-corrected chi connectivity index (χ4v) is 2.79. The van der Waals surface area contributed by atoms with Crippen LogP contribution in [0.4, 0.5) is 0 Å². The molecule has 0 saturated heterocycles. The molecule has 2 heterocycles. The minimum absolute atomic E-state index is 0. The summed E-state index contributed by atoms with van der Waals surface area (Å²) >= 11 is 0. The zero-order valence-electron chi connectivity index (χ0n) is 16.9. The minimum atomic E-state index is -0.230. The summed E-state index contributed by atoms with van der Waals surface area (Å²) in [5, 5.41) is 13.5. The molecule has 3 aromatic rings. The third kappa shape index (κ3) is 7.21. The van der Waals surface area contributed by atoms with E-state index in [9.17, 15) is 4.79 Å². The van der Waals surface area contributed by atoms with E-state index in [1.54, 1.807) is 18.3 Å². The average molecular weight is 522 g/mol. The van der Waals surface area contributed by atoms with Crippen LogP contribution in [-0.4, -0.2) is 41.3 Å². The van der Waals surface area contributed by atoms with Crippen LogP contribution < -0.4 is 16.0 Å². The van der Waals surface area contributed by atoms with Gasteiger partial charge in [0.25, 0.3) is 5.91 Å². The van der Waals surface area contributed by atoms with E-state index < -0.39 is 0 Å². The van der Waals surface area contributed by atoms with Gasteiger partial charge in [-0.15, -0.1) is 24.0 Å². The number of nitrogens with one attached hydrogen (secondary N) is 3. The Kier molecular flexibility index (Phi) is 9.92. The molecule has 0 aliphatic carbocycles. The Hall–Kier alpha value is -2.82. The van der Waals surface area contributed by atoms with Crippen molar-refractivity contribution in [1.82, 2.24) is 25.7 Å². The van der Waals surface area contributed by atoms with Gasteiger partial charge in [0, 0.05) is 32.0 Å². The lowest BCUT2D eigenvalue weighted by Gasteiger charge is -2.13. The number of carbonyl (C=O) groups excluding carboxylic acids is 1. The van der Waals surface area contributed by atoms with Gasteiger partial charge in [0.15, 0.2) is 11.7 Å². The number of hydrogen-bond acceptors (Lipinski definition) is 4. The van der Waals surface area contributed by atoms with Crippen molar-refractivity contribution in [2.24, 2.45) is 4.99 Å². The highest BCUT2D eigenvalue weighted by atomic mass is 127. The quantitative estimate of drug-likeness (QED) is 0.174. The van der Waals surface area contributed by atoms with Crippen molar-refractivity contribution >= 4 is 35.8 Å². The molecule has 2 aromatic heterocycles. The van der Waals surface area contributed by atoms with E-state index in [-0.39, 0.29) is 29.9 Å². The molecule has 0 unspecified atom stereocenters. The second-order valence-corrected chi connectivity index (χ2v) is 6.33. The van der Waals surface area contributed by atoms with Gasteiger partial charge in [-0.1, -0.05) is 24.3 Å². The van der Waals surface area contributed by atoms with Crippen LogP contribution in [0.5, 0.6) is 0 Å². The van der Waals surface area contributed by atoms with Crippen molar-refractivity contribution in [1.29, 1.82) is 0 Å². The average Bonchev–Trinajstić information content (AvgIpc) is 3.44. The molecule has 0 radical (unpaired) electrons. The van der Waals surface area contributed by atoms with Crippen molar-refractivity contribution in [2.45, 2.75) is 20.0 Å². The summed E-state index contributed by atoms with van der Waals surface area (Å²) in [5.41, 5.74) is 2.33. The minimum Gasteiger partial charge on any atom is -0.459 e. The van der Waals surface area contributed by atoms with Gasteiger partial charge >= 0.3 is 0 Å². The Bertz CT molecular complexity index is 909. The topological polar surface area (TPSA) is 96.5 Å². The van der Waals surface area contributed by atoms with E-state index in [1.807, 2.05) is 36.0 Å². The maximum atomic E-state index is 11.9. The molecule has 0 fully saturated rings. The summed E-state index contributed by atoms with van der Waals surface area (Å²) in [7, 11) is 0. The zero-order valence-corrected chi connectivity index (χ0v) is 19.2. The second kappa shape index (κ2) is 12.7. The molecule has 0 aliphatic rings. The molecule has 3 rings (SSSR count). The summed E-state index contributed by atoms with van der Waals surface area (Å²) in [5.74, 6) is 0.777. The van der Waals surface area contributed by atoms with E-state index in [0.717, 1.165) is 12.1 Å². The first kappa shape index (κ1) is 23.5. The Balaban J connectivity index is 0.00000320. The van der Waals surface area contributed by atoms with E-state index in [0.29, 0.717) is 37.9 Å². The number of halogens is 1. The molecular weight excluding hydrogens is 495 g/mol. The molecule has 9 heteroatoms. The van der Waals surface area contributed by atoms with E-state index in [4.69, 9.17) is 4.42 Å². The number of aliphatic imine (C=N–C) groups is 1. The highest BCUT2D eigenvalue weighted by Crippen LogP contribution is 2.11. The number of aromatic nitrogens is 2. The first-order valence-corrected chi connectivity index (χ1v) is 9.64. The molecule has 30 heavy (non-hydrogen) atoms. The highest BCUT2D eigenvalue weighted by molar-refractivity contribution is 14.0. The monoisotopic (exact) mass is 522 g/mol. The smallest absolute Gasteiger partial charge is 0.287 e. The van der Waals surface area contributed by atoms with E-state index >= 15 is 0 Å². The lowest BCUT2D eigenvalue weighted by atomic mass is 10.1. The molecule has 0 bridgehead atoms. The van der Waals surface area contributed by atoms with Crippen LogP contribution in [0, 0.1) is 0 Å². The second-order valence-electron chi connectivity index (χ2n) is 6.33. The van der Waals surface area contributed by atoms with E-state index in [1.165, 1.54) is 11.8 Å². The van der Waals surface area contributed by atoms with Crippen molar-refractivity contribution in [3.63, 3.8) is 0 Å². The summed E-state index contributed by atoms with van der Waals surface area (Å²) in [6.45, 7) is 5.03. The number of hydrogen-bond donors (Lipinski definition) is 3. The molecule has 8 nitrogen and oxygen atoms in total. The van der Waals surface area contributed by atoms with Crippen LogP contribution in [0.15, 0.2) is 70.5 Å². The van der Waals surface area contributed by atoms with Crippen LogP contribution in [0.1, 0.15) is 28.6 Å². The molecule has 0 aliphatic heterocycles. The maximum absolute atomic E-state index is 11.9. The Morgan fingerprint density at radius 3 is 2.57 bits per heavy atom. The number of rotatable bonds is 9. The zero-order chi connectivity index (χ0) is 20.3. The lowest BCUT2D eigenvalue weighted by Crippen LogP contribution is -2.41. The number of nitrogens with zero attached hydrogens (tertiary/aromatic N) is 3. The van der Waals surface area contributed by atoms with Crippen LogP contribution in [0.2, 0.25) is 0 Å². The predicted octanol–water partition coefficient (Wildman–Crippen LogP) is 2.63. The number of guanidine groups is 1. The summed E-state index contributed by atoms with van der Waals surface area (Å²) in [6.07, 6.45) is 5.20. The summed E-state index contributed by atoms with van der Waals surface area (Å²) in [4.78, 5) is 16.5. The molecule has 1 amide bonds. The van der Waals surface area contributed by atoms with Gasteiger partial charge in [0.05, 0.1) is 19.4 Å². The number of carbonyl (C=O) groups is 1. The predicted molar refractivity (Wildman–Crippen MR) is 127 cm³/mol. The van der Waals surface area contributed by atoms with Gasteiger partial charge in [-0.3, -0.25) is 9.48 Å². The Morgan fingerprint density at radius 1 is 1.07 bits per heavy atom. The van der Waals surface area contributed by atoms with Gasteiger partial charge < -0.3 is 20.4 Å². The normalized spacial score (nSPS) is 10.9. The SMILES string of the molecule is CCNC(=NCc1ccccc1Cn1cccn1)NCCNC(=O)c1ccco1.I.